The lowest BCUT2D eigenvalue weighted by atomic mass is 9.84. The molecule has 0 radical (unpaired) electrons. The third-order valence-corrected chi connectivity index (χ3v) is 6.63. The molecule has 0 aliphatic heterocycles. The number of carboxylic acids is 1. The van der Waals surface area contributed by atoms with Crippen LogP contribution < -0.4 is 5.32 Å². The second-order valence-electron chi connectivity index (χ2n) is 7.62. The molecule has 0 spiro atoms. The van der Waals surface area contributed by atoms with Gasteiger partial charge in [0.05, 0.1) is 5.92 Å². The van der Waals surface area contributed by atoms with Gasteiger partial charge in [-0.1, -0.05) is 20.8 Å². The van der Waals surface area contributed by atoms with Crippen molar-refractivity contribution in [3.63, 3.8) is 0 Å². The molecule has 21 heavy (non-hydrogen) atoms. The van der Waals surface area contributed by atoms with Gasteiger partial charge < -0.3 is 10.4 Å². The molecule has 2 saturated carbocycles. The molecule has 0 aromatic carbocycles. The molecule has 4 atom stereocenters. The van der Waals surface area contributed by atoms with Gasteiger partial charge in [-0.3, -0.25) is 4.79 Å². The summed E-state index contributed by atoms with van der Waals surface area (Å²) in [5.74, 6) is 0.184. The normalized spacial score (nSPS) is 31.8. The number of aliphatic carboxylic acids is 1. The van der Waals surface area contributed by atoms with Gasteiger partial charge in [0.1, 0.15) is 0 Å². The van der Waals surface area contributed by atoms with Gasteiger partial charge in [0, 0.05) is 22.3 Å². The highest BCUT2D eigenvalue weighted by Crippen LogP contribution is 2.48. The summed E-state index contributed by atoms with van der Waals surface area (Å²) in [5, 5.41) is 13.0. The lowest BCUT2D eigenvalue weighted by Gasteiger charge is -2.28. The number of hydrogen-bond acceptors (Lipinski definition) is 3. The first-order valence-electron chi connectivity index (χ1n) is 7.91. The van der Waals surface area contributed by atoms with Crippen molar-refractivity contribution in [2.75, 3.05) is 0 Å². The van der Waals surface area contributed by atoms with Crippen LogP contribution in [0.3, 0.4) is 0 Å². The summed E-state index contributed by atoms with van der Waals surface area (Å²) in [5.41, 5.74) is 0.193. The Morgan fingerprint density at radius 1 is 1.33 bits per heavy atom. The molecular formula is C17H25NO2S. The molecule has 4 heteroatoms. The summed E-state index contributed by atoms with van der Waals surface area (Å²) in [7, 11) is 0. The first-order valence-corrected chi connectivity index (χ1v) is 8.73. The Labute approximate surface area is 130 Å². The SMILES string of the molecule is CC(C)(C)c1ccc(CNC2C3CCC(C3)C2C(=O)O)s1. The van der Waals surface area contributed by atoms with Gasteiger partial charge in [0.25, 0.3) is 0 Å². The number of carboxylic acid groups (broad SMARTS) is 1. The molecule has 3 nitrogen and oxygen atoms in total. The molecule has 1 heterocycles. The van der Waals surface area contributed by atoms with E-state index in [9.17, 15) is 9.90 Å². The number of nitrogens with one attached hydrogen (secondary N) is 1. The summed E-state index contributed by atoms with van der Waals surface area (Å²) in [6, 6.07) is 4.56. The zero-order chi connectivity index (χ0) is 15.2. The second-order valence-corrected chi connectivity index (χ2v) is 8.79. The highest BCUT2D eigenvalue weighted by atomic mass is 32.1. The van der Waals surface area contributed by atoms with Gasteiger partial charge in [-0.15, -0.1) is 11.3 Å². The Morgan fingerprint density at radius 3 is 2.67 bits per heavy atom. The molecule has 2 N–H and O–H groups in total. The van der Waals surface area contributed by atoms with Crippen LogP contribution in [-0.4, -0.2) is 17.1 Å². The Morgan fingerprint density at radius 2 is 2.05 bits per heavy atom. The second kappa shape index (κ2) is 5.40. The zero-order valence-corrected chi connectivity index (χ0v) is 13.9. The highest BCUT2D eigenvalue weighted by Gasteiger charge is 2.50. The van der Waals surface area contributed by atoms with Gasteiger partial charge in [0.15, 0.2) is 0 Å². The first kappa shape index (κ1) is 15.0. The van der Waals surface area contributed by atoms with Crippen LogP contribution in [0, 0.1) is 17.8 Å². The molecule has 3 rings (SSSR count). The quantitative estimate of drug-likeness (QED) is 0.893. The van der Waals surface area contributed by atoms with Crippen LogP contribution in [0.1, 0.15) is 49.8 Å². The third kappa shape index (κ3) is 2.88. The molecule has 2 bridgehead atoms. The van der Waals surface area contributed by atoms with E-state index < -0.39 is 5.97 Å². The maximum Gasteiger partial charge on any atom is 0.308 e. The van der Waals surface area contributed by atoms with Gasteiger partial charge in [-0.25, -0.2) is 0 Å². The number of fused-ring (bicyclic) bond motifs is 2. The Bertz CT molecular complexity index is 531. The first-order chi connectivity index (χ1) is 9.86. The summed E-state index contributed by atoms with van der Waals surface area (Å²) in [4.78, 5) is 14.2. The predicted molar refractivity (Wildman–Crippen MR) is 85.6 cm³/mol. The van der Waals surface area contributed by atoms with E-state index in [4.69, 9.17) is 0 Å². The monoisotopic (exact) mass is 307 g/mol. The molecule has 2 aliphatic rings. The average Bonchev–Trinajstić information content (AvgIpc) is 3.09. The minimum atomic E-state index is -0.610. The van der Waals surface area contributed by atoms with E-state index in [1.54, 1.807) is 0 Å². The molecule has 116 valence electrons. The van der Waals surface area contributed by atoms with Crippen molar-refractivity contribution >= 4 is 17.3 Å². The van der Waals surface area contributed by atoms with Crippen LogP contribution in [0.5, 0.6) is 0 Å². The molecular weight excluding hydrogens is 282 g/mol. The number of carbonyl (C=O) groups is 1. The standard InChI is InChI=1S/C17H25NO2S/c1-17(2,3)13-7-6-12(21-13)9-18-15-11-5-4-10(8-11)14(15)16(19)20/h6-7,10-11,14-15,18H,4-5,8-9H2,1-3H3,(H,19,20). The van der Waals surface area contributed by atoms with E-state index in [2.05, 4.69) is 38.2 Å². The Balaban J connectivity index is 1.65. The molecule has 2 fully saturated rings. The molecule has 2 aliphatic carbocycles. The largest absolute Gasteiger partial charge is 0.481 e. The van der Waals surface area contributed by atoms with Crippen LogP contribution in [0.4, 0.5) is 0 Å². The van der Waals surface area contributed by atoms with Gasteiger partial charge in [-0.2, -0.15) is 0 Å². The fourth-order valence-electron chi connectivity index (χ4n) is 4.03. The molecule has 4 unspecified atom stereocenters. The van der Waals surface area contributed by atoms with Crippen molar-refractivity contribution in [3.05, 3.63) is 21.9 Å². The van der Waals surface area contributed by atoms with Crippen LogP contribution in [0.25, 0.3) is 0 Å². The number of hydrogen-bond donors (Lipinski definition) is 2. The minimum absolute atomic E-state index is 0.168. The maximum atomic E-state index is 11.5. The predicted octanol–water partition coefficient (Wildman–Crippen LogP) is 3.63. The third-order valence-electron chi connectivity index (χ3n) is 5.11. The van der Waals surface area contributed by atoms with Crippen molar-refractivity contribution in [1.29, 1.82) is 0 Å². The van der Waals surface area contributed by atoms with Gasteiger partial charge in [0.2, 0.25) is 0 Å². The smallest absolute Gasteiger partial charge is 0.308 e. The van der Waals surface area contributed by atoms with E-state index in [1.165, 1.54) is 16.2 Å². The fraction of sp³-hybridized carbons (Fsp3) is 0.706. The van der Waals surface area contributed by atoms with Gasteiger partial charge in [-0.05, 0) is 48.6 Å². The average molecular weight is 307 g/mol. The summed E-state index contributed by atoms with van der Waals surface area (Å²) in [6.45, 7) is 7.49. The molecule has 1 aromatic heterocycles. The van der Waals surface area contributed by atoms with Gasteiger partial charge >= 0.3 is 5.97 Å². The molecule has 0 saturated heterocycles. The van der Waals surface area contributed by atoms with E-state index in [0.717, 1.165) is 19.4 Å². The summed E-state index contributed by atoms with van der Waals surface area (Å²) in [6.07, 6.45) is 3.41. The lowest BCUT2D eigenvalue weighted by molar-refractivity contribution is -0.144. The fourth-order valence-corrected chi connectivity index (χ4v) is 5.05. The van der Waals surface area contributed by atoms with Crippen molar-refractivity contribution in [2.45, 2.75) is 58.0 Å². The minimum Gasteiger partial charge on any atom is -0.481 e. The molecule has 1 aromatic rings. The van der Waals surface area contributed by atoms with Crippen LogP contribution >= 0.6 is 11.3 Å². The maximum absolute atomic E-state index is 11.5. The van der Waals surface area contributed by atoms with Crippen molar-refractivity contribution in [3.8, 4) is 0 Å². The topological polar surface area (TPSA) is 49.3 Å². The van der Waals surface area contributed by atoms with Crippen molar-refractivity contribution in [1.82, 2.24) is 5.32 Å². The van der Waals surface area contributed by atoms with Crippen molar-refractivity contribution < 1.29 is 9.90 Å². The van der Waals surface area contributed by atoms with E-state index >= 15 is 0 Å². The Kier molecular flexibility index (Phi) is 3.87. The number of thiophene rings is 1. The van der Waals surface area contributed by atoms with E-state index in [0.29, 0.717) is 11.8 Å². The summed E-state index contributed by atoms with van der Waals surface area (Å²) < 4.78 is 0. The number of rotatable bonds is 4. The zero-order valence-electron chi connectivity index (χ0n) is 13.1. The van der Waals surface area contributed by atoms with Crippen molar-refractivity contribution in [2.24, 2.45) is 17.8 Å². The Hall–Kier alpha value is -0.870. The molecule has 0 amide bonds. The summed E-state index contributed by atoms with van der Waals surface area (Å²) >= 11 is 1.84. The van der Waals surface area contributed by atoms with E-state index in [1.807, 2.05) is 11.3 Å². The lowest BCUT2D eigenvalue weighted by Crippen LogP contribution is -2.43. The van der Waals surface area contributed by atoms with Crippen LogP contribution in [-0.2, 0) is 16.8 Å². The van der Waals surface area contributed by atoms with Crippen LogP contribution in [0.15, 0.2) is 12.1 Å². The van der Waals surface area contributed by atoms with E-state index in [-0.39, 0.29) is 17.4 Å². The van der Waals surface area contributed by atoms with Crippen LogP contribution in [0.2, 0.25) is 0 Å². The highest BCUT2D eigenvalue weighted by molar-refractivity contribution is 7.12.